The molecule has 1 aromatic carbocycles. The van der Waals surface area contributed by atoms with E-state index < -0.39 is 28.7 Å². The number of ether oxygens (including phenoxy) is 1. The van der Waals surface area contributed by atoms with Crippen molar-refractivity contribution in [3.05, 3.63) is 49.6 Å². The Hall–Kier alpha value is -2.30. The number of carbonyl (C=O) groups is 3. The Morgan fingerprint density at radius 3 is 2.42 bits per heavy atom. The summed E-state index contributed by atoms with van der Waals surface area (Å²) in [4.78, 5) is 48.9. The summed E-state index contributed by atoms with van der Waals surface area (Å²) in [6.07, 6.45) is 6.24. The zero-order valence-corrected chi connectivity index (χ0v) is 28.2. The van der Waals surface area contributed by atoms with Crippen LogP contribution in [0.3, 0.4) is 0 Å². The number of rotatable bonds is 15. The highest BCUT2D eigenvalue weighted by atomic mass is 79.9. The Bertz CT molecular complexity index is 1190. The van der Waals surface area contributed by atoms with E-state index >= 15 is 0 Å². The number of nitrogens with zero attached hydrogens (tertiary/aromatic N) is 3. The summed E-state index contributed by atoms with van der Waals surface area (Å²) in [6, 6.07) is 6.03. The van der Waals surface area contributed by atoms with Crippen LogP contribution >= 0.6 is 27.7 Å². The standard InChI is InChI=1S/C33H46BrN3O5S/c1-7-12-21(6)35(17-8-2)32(41)29-33-19-25(34)28(43-33)26(27(33)31(40)37(29)22(10-4)20-38)30(39)36(18-9-3)23-13-15-24(16-14-23)42-11-5/h8-9,13-16,21-22,25-29,38H,2-3,7,10-12,17-20H2,1,4-6H3/t21?,22-,25?,26-,27-,28-,29?,33?/m0/s1. The highest BCUT2D eigenvalue weighted by Crippen LogP contribution is 2.68. The minimum Gasteiger partial charge on any atom is -0.494 e. The summed E-state index contributed by atoms with van der Waals surface area (Å²) >= 11 is 5.49. The number of likely N-dealkylation sites (tertiary alicyclic amines) is 1. The van der Waals surface area contributed by atoms with Crippen LogP contribution in [-0.4, -0.2) is 91.9 Å². The number of halogens is 1. The Balaban J connectivity index is 1.79. The van der Waals surface area contributed by atoms with Gasteiger partial charge in [-0.05, 0) is 57.4 Å². The molecule has 2 bridgehead atoms. The molecular formula is C33H46BrN3O5S. The third kappa shape index (κ3) is 5.91. The largest absolute Gasteiger partial charge is 0.494 e. The molecule has 0 radical (unpaired) electrons. The molecule has 3 aliphatic heterocycles. The van der Waals surface area contributed by atoms with Gasteiger partial charge < -0.3 is 24.5 Å². The fraction of sp³-hybridized carbons (Fsp3) is 0.606. The molecule has 4 rings (SSSR count). The smallest absolute Gasteiger partial charge is 0.247 e. The second-order valence-corrected chi connectivity index (χ2v) is 14.5. The van der Waals surface area contributed by atoms with Crippen LogP contribution in [0.25, 0.3) is 0 Å². The van der Waals surface area contributed by atoms with Crippen molar-refractivity contribution >= 4 is 51.1 Å². The van der Waals surface area contributed by atoms with Gasteiger partial charge in [-0.3, -0.25) is 14.4 Å². The van der Waals surface area contributed by atoms with E-state index in [9.17, 15) is 19.5 Å². The van der Waals surface area contributed by atoms with E-state index in [-0.39, 0.29) is 47.0 Å². The minimum absolute atomic E-state index is 0.0411. The van der Waals surface area contributed by atoms with Crippen molar-refractivity contribution in [2.75, 3.05) is 31.2 Å². The molecule has 236 valence electrons. The molecule has 1 N–H and O–H groups in total. The van der Waals surface area contributed by atoms with Gasteiger partial charge in [-0.15, -0.1) is 24.9 Å². The first kappa shape index (κ1) is 33.6. The summed E-state index contributed by atoms with van der Waals surface area (Å²) in [7, 11) is 0. The lowest BCUT2D eigenvalue weighted by Gasteiger charge is -2.41. The lowest BCUT2D eigenvalue weighted by atomic mass is 9.70. The number of benzene rings is 1. The highest BCUT2D eigenvalue weighted by Gasteiger charge is 2.76. The van der Waals surface area contributed by atoms with Gasteiger partial charge in [0.25, 0.3) is 0 Å². The van der Waals surface area contributed by atoms with Gasteiger partial charge in [-0.25, -0.2) is 0 Å². The second kappa shape index (κ2) is 14.2. The minimum atomic E-state index is -0.792. The van der Waals surface area contributed by atoms with Crippen molar-refractivity contribution in [3.8, 4) is 5.75 Å². The van der Waals surface area contributed by atoms with Crippen LogP contribution in [0.5, 0.6) is 5.75 Å². The number of fused-ring (bicyclic) bond motifs is 1. The van der Waals surface area contributed by atoms with Gasteiger partial charge in [0.1, 0.15) is 11.8 Å². The molecule has 1 aromatic rings. The van der Waals surface area contributed by atoms with Crippen LogP contribution in [0.2, 0.25) is 0 Å². The van der Waals surface area contributed by atoms with Crippen LogP contribution in [0, 0.1) is 11.8 Å². The Morgan fingerprint density at radius 1 is 1.19 bits per heavy atom. The number of aliphatic hydroxyl groups is 1. The Labute approximate surface area is 269 Å². The molecule has 3 aliphatic rings. The molecule has 10 heteroatoms. The average Bonchev–Trinajstić information content (AvgIpc) is 3.59. The van der Waals surface area contributed by atoms with Gasteiger partial charge in [0.15, 0.2) is 0 Å². The molecule has 0 aliphatic carbocycles. The number of anilines is 1. The quantitative estimate of drug-likeness (QED) is 0.207. The van der Waals surface area contributed by atoms with Crippen molar-refractivity contribution in [3.63, 3.8) is 0 Å². The first-order valence-corrected chi connectivity index (χ1v) is 17.3. The third-order valence-corrected chi connectivity index (χ3v) is 12.4. The van der Waals surface area contributed by atoms with E-state index in [4.69, 9.17) is 4.74 Å². The average molecular weight is 677 g/mol. The predicted octanol–water partition coefficient (Wildman–Crippen LogP) is 5.04. The Kier molecular flexibility index (Phi) is 11.1. The maximum Gasteiger partial charge on any atom is 0.247 e. The first-order chi connectivity index (χ1) is 20.6. The maximum absolute atomic E-state index is 14.6. The highest BCUT2D eigenvalue weighted by molar-refractivity contribution is 9.09. The Morgan fingerprint density at radius 2 is 1.86 bits per heavy atom. The van der Waals surface area contributed by atoms with Crippen molar-refractivity contribution < 1.29 is 24.2 Å². The lowest BCUT2D eigenvalue weighted by molar-refractivity contribution is -0.146. The lowest BCUT2D eigenvalue weighted by Crippen LogP contribution is -2.59. The number of thioether (sulfide) groups is 1. The third-order valence-electron chi connectivity index (χ3n) is 9.21. The summed E-state index contributed by atoms with van der Waals surface area (Å²) in [5, 5.41) is 10.2. The van der Waals surface area contributed by atoms with E-state index in [1.807, 2.05) is 49.9 Å². The van der Waals surface area contributed by atoms with Crippen molar-refractivity contribution in [1.29, 1.82) is 0 Å². The van der Waals surface area contributed by atoms with Gasteiger partial charge in [0.05, 0.1) is 35.8 Å². The number of hydrogen-bond acceptors (Lipinski definition) is 6. The van der Waals surface area contributed by atoms with Gasteiger partial charge in [-0.2, -0.15) is 0 Å². The second-order valence-electron chi connectivity index (χ2n) is 11.7. The summed E-state index contributed by atoms with van der Waals surface area (Å²) < 4.78 is 4.81. The molecule has 1 spiro atoms. The molecule has 3 saturated heterocycles. The zero-order chi connectivity index (χ0) is 31.5. The van der Waals surface area contributed by atoms with Gasteiger partial charge in [0.2, 0.25) is 17.7 Å². The fourth-order valence-corrected chi connectivity index (χ4v) is 10.9. The molecular weight excluding hydrogens is 630 g/mol. The molecule has 3 heterocycles. The topological polar surface area (TPSA) is 90.4 Å². The monoisotopic (exact) mass is 675 g/mol. The SMILES string of the molecule is C=CCN(C(=O)[C@H]1[C@H]2C(=O)N([C@@H](CC)CO)C(C(=O)N(CC=C)C(C)CCC)C23CC(Br)[C@@H]1S3)c1ccc(OCC)cc1. The van der Waals surface area contributed by atoms with Crippen LogP contribution in [0.1, 0.15) is 53.4 Å². The zero-order valence-electron chi connectivity index (χ0n) is 25.8. The first-order valence-electron chi connectivity index (χ1n) is 15.5. The number of carbonyl (C=O) groups excluding carboxylic acids is 3. The molecule has 0 aromatic heterocycles. The molecule has 4 unspecified atom stereocenters. The van der Waals surface area contributed by atoms with Gasteiger partial charge >= 0.3 is 0 Å². The summed E-state index contributed by atoms with van der Waals surface area (Å²) in [6.45, 7) is 16.7. The molecule has 8 atom stereocenters. The number of amides is 3. The number of alkyl halides is 1. The van der Waals surface area contributed by atoms with E-state index in [0.29, 0.717) is 37.4 Å². The van der Waals surface area contributed by atoms with Crippen LogP contribution < -0.4 is 9.64 Å². The molecule has 8 nitrogen and oxygen atoms in total. The molecule has 3 fully saturated rings. The van der Waals surface area contributed by atoms with Crippen LogP contribution in [0.4, 0.5) is 5.69 Å². The summed E-state index contributed by atoms with van der Waals surface area (Å²) in [5.74, 6) is -1.09. The molecule has 43 heavy (non-hydrogen) atoms. The van der Waals surface area contributed by atoms with Crippen molar-refractivity contribution in [2.45, 2.75) is 86.3 Å². The normalized spacial score (nSPS) is 28.7. The molecule has 0 saturated carbocycles. The van der Waals surface area contributed by atoms with E-state index in [2.05, 4.69) is 36.0 Å². The molecule has 3 amide bonds. The number of aliphatic hydroxyl groups excluding tert-OH is 1. The number of hydrogen-bond donors (Lipinski definition) is 1. The fourth-order valence-electron chi connectivity index (χ4n) is 7.31. The van der Waals surface area contributed by atoms with Crippen molar-refractivity contribution in [2.24, 2.45) is 11.8 Å². The van der Waals surface area contributed by atoms with Gasteiger partial charge in [-0.1, -0.05) is 48.4 Å². The van der Waals surface area contributed by atoms with Gasteiger partial charge in [0, 0.05) is 34.9 Å². The van der Waals surface area contributed by atoms with Crippen LogP contribution in [-0.2, 0) is 14.4 Å². The maximum atomic E-state index is 14.6. The summed E-state index contributed by atoms with van der Waals surface area (Å²) in [5.41, 5.74) is 0.698. The van der Waals surface area contributed by atoms with Crippen molar-refractivity contribution in [1.82, 2.24) is 9.80 Å². The van der Waals surface area contributed by atoms with Crippen LogP contribution in [0.15, 0.2) is 49.6 Å². The van der Waals surface area contributed by atoms with E-state index in [1.54, 1.807) is 33.7 Å². The van der Waals surface area contributed by atoms with E-state index in [1.165, 1.54) is 0 Å². The van der Waals surface area contributed by atoms with E-state index in [0.717, 1.165) is 12.8 Å². The predicted molar refractivity (Wildman–Crippen MR) is 177 cm³/mol.